The van der Waals surface area contributed by atoms with Crippen LogP contribution in [0, 0.1) is 5.82 Å². The van der Waals surface area contributed by atoms with Gasteiger partial charge in [0.2, 0.25) is 0 Å². The van der Waals surface area contributed by atoms with Gasteiger partial charge in [0, 0.05) is 5.56 Å². The van der Waals surface area contributed by atoms with Crippen molar-refractivity contribution in [1.29, 1.82) is 0 Å². The number of ketones is 1. The van der Waals surface area contributed by atoms with E-state index in [1.807, 2.05) is 6.92 Å². The molecule has 0 aliphatic carbocycles. The number of halogens is 1. The van der Waals surface area contributed by atoms with Gasteiger partial charge < -0.3 is 14.6 Å². The number of ether oxygens (including phenoxy) is 2. The Balaban J connectivity index is 1.65. The molecular weight excluding hydrogens is 519 g/mol. The van der Waals surface area contributed by atoms with Crippen molar-refractivity contribution in [3.8, 4) is 11.5 Å². The van der Waals surface area contributed by atoms with E-state index in [0.717, 1.165) is 24.2 Å². The molecule has 2 heterocycles. The first-order chi connectivity index (χ1) is 18.9. The zero-order valence-electron chi connectivity index (χ0n) is 21.5. The number of hydrogen-bond donors (Lipinski definition) is 1. The number of hydrogen-bond acceptors (Lipinski definition) is 7. The van der Waals surface area contributed by atoms with E-state index in [2.05, 4.69) is 11.9 Å². The van der Waals surface area contributed by atoms with E-state index in [-0.39, 0.29) is 16.5 Å². The van der Waals surface area contributed by atoms with Crippen molar-refractivity contribution < 1.29 is 28.6 Å². The number of Topliss-reactive ketones (excluding diaryl/α,β-unsaturated/α-hetero) is 1. The third-order valence-electron chi connectivity index (χ3n) is 6.37. The zero-order valence-corrected chi connectivity index (χ0v) is 22.3. The minimum absolute atomic E-state index is 0.0692. The summed E-state index contributed by atoms with van der Waals surface area (Å²) >= 11 is 1.10. The summed E-state index contributed by atoms with van der Waals surface area (Å²) in [6.45, 7) is 4.94. The summed E-state index contributed by atoms with van der Waals surface area (Å²) in [5.41, 5.74) is 1.37. The number of thiazole rings is 1. The van der Waals surface area contributed by atoms with Crippen LogP contribution < -0.4 is 14.4 Å². The smallest absolute Gasteiger partial charge is 0.301 e. The first kappa shape index (κ1) is 26.4. The van der Waals surface area contributed by atoms with Crippen LogP contribution in [0.4, 0.5) is 9.52 Å². The summed E-state index contributed by atoms with van der Waals surface area (Å²) < 4.78 is 25.8. The molecule has 7 nitrogen and oxygen atoms in total. The monoisotopic (exact) mass is 546 g/mol. The quantitative estimate of drug-likeness (QED) is 0.110. The van der Waals surface area contributed by atoms with Crippen LogP contribution in [0.25, 0.3) is 16.0 Å². The van der Waals surface area contributed by atoms with Crippen LogP contribution in [0.3, 0.4) is 0 Å². The predicted molar refractivity (Wildman–Crippen MR) is 149 cm³/mol. The number of anilines is 1. The van der Waals surface area contributed by atoms with Crippen molar-refractivity contribution in [3.05, 3.63) is 89.2 Å². The van der Waals surface area contributed by atoms with E-state index in [4.69, 9.17) is 9.47 Å². The van der Waals surface area contributed by atoms with Gasteiger partial charge in [0.15, 0.2) is 5.13 Å². The molecule has 0 spiro atoms. The number of carbonyl (C=O) groups excluding carboxylic acids is 2. The van der Waals surface area contributed by atoms with Gasteiger partial charge in [-0.1, -0.05) is 36.8 Å². The van der Waals surface area contributed by atoms with E-state index in [9.17, 15) is 19.1 Å². The molecule has 1 atom stereocenters. The Morgan fingerprint density at radius 3 is 2.56 bits per heavy atom. The highest BCUT2D eigenvalue weighted by Gasteiger charge is 2.48. The maximum Gasteiger partial charge on any atom is 0.301 e. The Morgan fingerprint density at radius 2 is 1.82 bits per heavy atom. The summed E-state index contributed by atoms with van der Waals surface area (Å²) in [5, 5.41) is 11.6. The van der Waals surface area contributed by atoms with Crippen molar-refractivity contribution in [2.24, 2.45) is 0 Å². The molecule has 9 heteroatoms. The van der Waals surface area contributed by atoms with Crippen LogP contribution >= 0.6 is 11.3 Å². The summed E-state index contributed by atoms with van der Waals surface area (Å²) in [6.07, 6.45) is 1.85. The zero-order chi connectivity index (χ0) is 27.5. The second kappa shape index (κ2) is 11.2. The minimum atomic E-state index is -0.975. The third-order valence-corrected chi connectivity index (χ3v) is 7.39. The van der Waals surface area contributed by atoms with E-state index >= 15 is 0 Å². The first-order valence-corrected chi connectivity index (χ1v) is 13.6. The molecule has 3 aromatic carbocycles. The fourth-order valence-corrected chi connectivity index (χ4v) is 5.49. The number of nitrogens with zero attached hydrogens (tertiary/aromatic N) is 2. The highest BCUT2D eigenvalue weighted by molar-refractivity contribution is 7.22. The number of rotatable bonds is 9. The van der Waals surface area contributed by atoms with Crippen molar-refractivity contribution >= 4 is 44.1 Å². The van der Waals surface area contributed by atoms with Gasteiger partial charge in [-0.05, 0) is 73.5 Å². The van der Waals surface area contributed by atoms with Crippen molar-refractivity contribution in [2.45, 2.75) is 32.7 Å². The van der Waals surface area contributed by atoms with Crippen LogP contribution in [-0.2, 0) is 9.59 Å². The van der Waals surface area contributed by atoms with Crippen LogP contribution in [0.1, 0.15) is 43.9 Å². The topological polar surface area (TPSA) is 89.0 Å². The maximum atomic E-state index is 13.9. The van der Waals surface area contributed by atoms with E-state index < -0.39 is 23.5 Å². The van der Waals surface area contributed by atoms with Gasteiger partial charge >= 0.3 is 5.91 Å². The molecule has 1 amide bonds. The molecule has 1 aliphatic heterocycles. The molecule has 0 saturated carbocycles. The van der Waals surface area contributed by atoms with E-state index in [1.54, 1.807) is 48.5 Å². The second-order valence-electron chi connectivity index (χ2n) is 9.01. The highest BCUT2D eigenvalue weighted by atomic mass is 32.1. The number of amides is 1. The number of aliphatic hydroxyl groups is 1. The van der Waals surface area contributed by atoms with Crippen LogP contribution in [-0.4, -0.2) is 35.0 Å². The number of unbranched alkanes of at least 4 members (excludes halogenated alkanes) is 1. The maximum absolute atomic E-state index is 13.9. The van der Waals surface area contributed by atoms with Gasteiger partial charge in [0.25, 0.3) is 5.78 Å². The number of aromatic nitrogens is 1. The minimum Gasteiger partial charge on any atom is -0.507 e. The Hall–Kier alpha value is -4.24. The van der Waals surface area contributed by atoms with Gasteiger partial charge in [-0.25, -0.2) is 9.37 Å². The lowest BCUT2D eigenvalue weighted by molar-refractivity contribution is -0.132. The normalized spacial score (nSPS) is 16.7. The molecular formula is C30H27FN2O5S. The molecule has 1 unspecified atom stereocenters. The summed E-state index contributed by atoms with van der Waals surface area (Å²) in [5.74, 6) is -1.21. The Labute approximate surface area is 229 Å². The Bertz CT molecular complexity index is 1560. The molecule has 1 N–H and O–H groups in total. The lowest BCUT2D eigenvalue weighted by Gasteiger charge is -2.23. The average molecular weight is 547 g/mol. The van der Waals surface area contributed by atoms with E-state index in [1.165, 1.54) is 23.1 Å². The predicted octanol–water partition coefficient (Wildman–Crippen LogP) is 6.64. The molecule has 4 aromatic rings. The molecule has 39 heavy (non-hydrogen) atoms. The number of aliphatic hydroxyl groups excluding tert-OH is 1. The van der Waals surface area contributed by atoms with Gasteiger partial charge in [0.05, 0.1) is 35.0 Å². The Kier molecular flexibility index (Phi) is 7.60. The second-order valence-corrected chi connectivity index (χ2v) is 10.0. The van der Waals surface area contributed by atoms with Gasteiger partial charge in [-0.3, -0.25) is 14.5 Å². The molecule has 0 radical (unpaired) electrons. The van der Waals surface area contributed by atoms with Crippen LogP contribution in [0.15, 0.2) is 72.3 Å². The average Bonchev–Trinajstić information content (AvgIpc) is 3.46. The summed E-state index contributed by atoms with van der Waals surface area (Å²) in [7, 11) is 0. The third kappa shape index (κ3) is 5.22. The molecule has 5 rings (SSSR count). The van der Waals surface area contributed by atoms with Gasteiger partial charge in [0.1, 0.15) is 23.1 Å². The van der Waals surface area contributed by atoms with Crippen LogP contribution in [0.5, 0.6) is 11.5 Å². The molecule has 200 valence electrons. The standard InChI is InChI=1S/C30H27FN2O5S/c1-3-5-15-38-22-8-6-7-19(16-22)26-25(27(34)18-9-12-21(13-10-18)37-4-2)28(35)29(36)33(26)30-32-23-14-11-20(31)17-24(23)39-30/h6-14,16-17,26,34H,3-5,15H2,1-2H3. The largest absolute Gasteiger partial charge is 0.507 e. The molecule has 1 saturated heterocycles. The number of carbonyl (C=O) groups is 2. The van der Waals surface area contributed by atoms with Crippen molar-refractivity contribution in [2.75, 3.05) is 18.1 Å². The first-order valence-electron chi connectivity index (χ1n) is 12.7. The molecule has 1 aliphatic rings. The van der Waals surface area contributed by atoms with Crippen molar-refractivity contribution in [3.63, 3.8) is 0 Å². The number of benzene rings is 3. The molecule has 1 fully saturated rings. The fraction of sp³-hybridized carbons (Fsp3) is 0.233. The number of fused-ring (bicyclic) bond motifs is 1. The van der Waals surface area contributed by atoms with Crippen LogP contribution in [0.2, 0.25) is 0 Å². The summed E-state index contributed by atoms with van der Waals surface area (Å²) in [4.78, 5) is 32.8. The van der Waals surface area contributed by atoms with E-state index in [0.29, 0.717) is 46.1 Å². The Morgan fingerprint density at radius 1 is 1.03 bits per heavy atom. The lowest BCUT2D eigenvalue weighted by Crippen LogP contribution is -2.29. The highest BCUT2D eigenvalue weighted by Crippen LogP contribution is 2.45. The van der Waals surface area contributed by atoms with Gasteiger partial charge in [-0.15, -0.1) is 0 Å². The summed E-state index contributed by atoms with van der Waals surface area (Å²) in [6, 6.07) is 16.9. The molecule has 1 aromatic heterocycles. The van der Waals surface area contributed by atoms with Crippen molar-refractivity contribution in [1.82, 2.24) is 4.98 Å². The van der Waals surface area contributed by atoms with Gasteiger partial charge in [-0.2, -0.15) is 0 Å². The molecule has 0 bridgehead atoms. The fourth-order valence-electron chi connectivity index (χ4n) is 4.47. The lowest BCUT2D eigenvalue weighted by atomic mass is 9.95. The SMILES string of the molecule is CCCCOc1cccc(C2C(=C(O)c3ccc(OCC)cc3)C(=O)C(=O)N2c2nc3ccc(F)cc3s2)c1.